The minimum atomic E-state index is -4.47. The van der Waals surface area contributed by atoms with Crippen LogP contribution in [0, 0.1) is 0 Å². The highest BCUT2D eigenvalue weighted by Crippen LogP contribution is 2.36. The van der Waals surface area contributed by atoms with E-state index in [0.29, 0.717) is 24.0 Å². The molecule has 2 N–H and O–H groups in total. The molecule has 26 heavy (non-hydrogen) atoms. The van der Waals surface area contributed by atoms with Gasteiger partial charge in [-0.05, 0) is 42.5 Å². The summed E-state index contributed by atoms with van der Waals surface area (Å²) in [5, 5.41) is 7.18. The molecule has 0 fully saturated rings. The lowest BCUT2D eigenvalue weighted by atomic mass is 10.1. The molecule has 2 aromatic rings. The number of benzene rings is 1. The molecule has 10 heteroatoms. The smallest absolute Gasteiger partial charge is 0.416 e. The minimum absolute atomic E-state index is 0.144. The number of methoxy groups -OCH3 is 1. The van der Waals surface area contributed by atoms with Gasteiger partial charge in [0, 0.05) is 19.2 Å². The Labute approximate surface area is 158 Å². The Kier molecular flexibility index (Phi) is 7.01. The average Bonchev–Trinajstić information content (AvgIpc) is 3.03. The van der Waals surface area contributed by atoms with Gasteiger partial charge < -0.3 is 14.5 Å². The third kappa shape index (κ3) is 5.72. The maximum Gasteiger partial charge on any atom is 0.416 e. The summed E-state index contributed by atoms with van der Waals surface area (Å²) in [5.41, 5.74) is 1.92. The minimum Gasteiger partial charge on any atom is -0.455 e. The van der Waals surface area contributed by atoms with Crippen LogP contribution in [0.5, 0.6) is 0 Å². The monoisotopic (exact) mass is 405 g/mol. The van der Waals surface area contributed by atoms with Crippen LogP contribution in [0.25, 0.3) is 11.3 Å². The summed E-state index contributed by atoms with van der Waals surface area (Å²) in [4.78, 5) is 0. The van der Waals surface area contributed by atoms with Crippen LogP contribution in [0.1, 0.15) is 11.3 Å². The van der Waals surface area contributed by atoms with Crippen LogP contribution in [-0.4, -0.2) is 31.6 Å². The number of alkyl halides is 3. The fourth-order valence-corrected chi connectivity index (χ4v) is 2.28. The molecule has 0 aliphatic carbocycles. The number of thiocarbonyl (C=S) groups is 1. The predicted octanol–water partition coefficient (Wildman–Crippen LogP) is 4.06. The van der Waals surface area contributed by atoms with E-state index in [2.05, 4.69) is 15.8 Å². The number of nitrogens with zero attached hydrogens (tertiary/aromatic N) is 1. The molecule has 0 bridgehead atoms. The van der Waals surface area contributed by atoms with Gasteiger partial charge in [0.15, 0.2) is 5.11 Å². The summed E-state index contributed by atoms with van der Waals surface area (Å²) in [6.07, 6.45) is -3.12. The van der Waals surface area contributed by atoms with Crippen molar-refractivity contribution in [2.24, 2.45) is 5.10 Å². The van der Waals surface area contributed by atoms with Crippen molar-refractivity contribution in [3.63, 3.8) is 0 Å². The number of ether oxygens (including phenoxy) is 1. The molecular weight excluding hydrogens is 391 g/mol. The molecular formula is C16H15ClF3N3O2S. The molecule has 140 valence electrons. The van der Waals surface area contributed by atoms with Gasteiger partial charge in [0.05, 0.1) is 23.4 Å². The summed E-state index contributed by atoms with van der Waals surface area (Å²) in [6, 6.07) is 6.10. The molecule has 0 unspecified atom stereocenters. The number of halogens is 4. The Hall–Kier alpha value is -2.10. The van der Waals surface area contributed by atoms with Crippen molar-refractivity contribution in [2.75, 3.05) is 20.3 Å². The van der Waals surface area contributed by atoms with Crippen molar-refractivity contribution in [3.05, 3.63) is 46.7 Å². The van der Waals surface area contributed by atoms with Crippen molar-refractivity contribution in [1.29, 1.82) is 0 Å². The van der Waals surface area contributed by atoms with Crippen molar-refractivity contribution in [1.82, 2.24) is 10.7 Å². The van der Waals surface area contributed by atoms with Crippen LogP contribution in [0.15, 0.2) is 39.9 Å². The average molecular weight is 406 g/mol. The van der Waals surface area contributed by atoms with Gasteiger partial charge in [-0.15, -0.1) is 0 Å². The first kappa shape index (κ1) is 20.2. The van der Waals surface area contributed by atoms with Crippen molar-refractivity contribution >= 4 is 35.1 Å². The standard InChI is InChI=1S/C16H15ClF3N3O2S/c1-24-7-6-21-15(26)23-22-9-11-3-5-14(25-11)12-8-10(16(18,19)20)2-4-13(12)17/h2-5,8-9H,6-7H2,1H3,(H2,21,23,26). The normalized spacial score (nSPS) is 11.7. The van der Waals surface area contributed by atoms with Gasteiger partial charge in [0.1, 0.15) is 11.5 Å². The number of hydrazone groups is 1. The van der Waals surface area contributed by atoms with E-state index >= 15 is 0 Å². The Bertz CT molecular complexity index is 793. The van der Waals surface area contributed by atoms with E-state index in [-0.39, 0.29) is 16.3 Å². The number of furan rings is 1. The fraction of sp³-hybridized carbons (Fsp3) is 0.250. The second-order valence-corrected chi connectivity index (χ2v) is 5.83. The third-order valence-corrected chi connectivity index (χ3v) is 3.70. The lowest BCUT2D eigenvalue weighted by molar-refractivity contribution is -0.137. The van der Waals surface area contributed by atoms with Crippen LogP contribution >= 0.6 is 23.8 Å². The molecule has 5 nitrogen and oxygen atoms in total. The molecule has 2 rings (SSSR count). The van der Waals surface area contributed by atoms with Gasteiger partial charge >= 0.3 is 6.18 Å². The van der Waals surface area contributed by atoms with Crippen LogP contribution in [0.3, 0.4) is 0 Å². The van der Waals surface area contributed by atoms with Crippen LogP contribution < -0.4 is 10.7 Å². The van der Waals surface area contributed by atoms with Gasteiger partial charge in [-0.25, -0.2) is 0 Å². The Balaban J connectivity index is 2.06. The van der Waals surface area contributed by atoms with Gasteiger partial charge in [-0.3, -0.25) is 5.43 Å². The number of nitrogens with one attached hydrogen (secondary N) is 2. The Morgan fingerprint density at radius 1 is 1.35 bits per heavy atom. The van der Waals surface area contributed by atoms with E-state index in [9.17, 15) is 13.2 Å². The maximum absolute atomic E-state index is 12.8. The second kappa shape index (κ2) is 9.02. The number of hydrogen-bond acceptors (Lipinski definition) is 4. The largest absolute Gasteiger partial charge is 0.455 e. The summed E-state index contributed by atoms with van der Waals surface area (Å²) in [7, 11) is 1.57. The van der Waals surface area contributed by atoms with Gasteiger partial charge in [-0.2, -0.15) is 18.3 Å². The van der Waals surface area contributed by atoms with Crippen molar-refractivity contribution < 1.29 is 22.3 Å². The molecule has 0 spiro atoms. The predicted molar refractivity (Wildman–Crippen MR) is 97.4 cm³/mol. The van der Waals surface area contributed by atoms with Gasteiger partial charge in [0.2, 0.25) is 0 Å². The Morgan fingerprint density at radius 3 is 2.81 bits per heavy atom. The summed E-state index contributed by atoms with van der Waals surface area (Å²) < 4.78 is 48.9. The van der Waals surface area contributed by atoms with E-state index in [4.69, 9.17) is 33.0 Å². The highest BCUT2D eigenvalue weighted by molar-refractivity contribution is 7.80. The highest BCUT2D eigenvalue weighted by atomic mass is 35.5. The highest BCUT2D eigenvalue weighted by Gasteiger charge is 2.31. The van der Waals surface area contributed by atoms with Gasteiger partial charge in [0.25, 0.3) is 0 Å². The zero-order valence-corrected chi connectivity index (χ0v) is 15.1. The summed E-state index contributed by atoms with van der Waals surface area (Å²) >= 11 is 11.0. The van der Waals surface area contributed by atoms with Crippen molar-refractivity contribution in [2.45, 2.75) is 6.18 Å². The van der Waals surface area contributed by atoms with E-state index < -0.39 is 11.7 Å². The third-order valence-electron chi connectivity index (χ3n) is 3.14. The van der Waals surface area contributed by atoms with E-state index in [1.54, 1.807) is 13.2 Å². The summed E-state index contributed by atoms with van der Waals surface area (Å²) in [5.74, 6) is 0.518. The first-order valence-electron chi connectivity index (χ1n) is 7.34. The zero-order valence-electron chi connectivity index (χ0n) is 13.6. The van der Waals surface area contributed by atoms with E-state index in [1.165, 1.54) is 18.3 Å². The summed E-state index contributed by atoms with van der Waals surface area (Å²) in [6.45, 7) is 1.02. The molecule has 0 aliphatic heterocycles. The molecule has 1 aromatic carbocycles. The van der Waals surface area contributed by atoms with Crippen LogP contribution in [0.4, 0.5) is 13.2 Å². The number of hydrogen-bond donors (Lipinski definition) is 2. The molecule has 1 aromatic heterocycles. The molecule has 0 radical (unpaired) electrons. The SMILES string of the molecule is COCCNC(=S)NN=Cc1ccc(-c2cc(C(F)(F)F)ccc2Cl)o1. The Morgan fingerprint density at radius 2 is 2.12 bits per heavy atom. The van der Waals surface area contributed by atoms with E-state index in [1.807, 2.05) is 0 Å². The van der Waals surface area contributed by atoms with E-state index in [0.717, 1.165) is 12.1 Å². The molecule has 0 atom stereocenters. The molecule has 0 saturated carbocycles. The maximum atomic E-state index is 12.8. The van der Waals surface area contributed by atoms with Crippen LogP contribution in [0.2, 0.25) is 5.02 Å². The second-order valence-electron chi connectivity index (χ2n) is 5.01. The first-order valence-corrected chi connectivity index (χ1v) is 8.12. The molecule has 0 amide bonds. The number of rotatable bonds is 6. The van der Waals surface area contributed by atoms with Crippen LogP contribution in [-0.2, 0) is 10.9 Å². The quantitative estimate of drug-likeness (QED) is 0.328. The fourth-order valence-electron chi connectivity index (χ4n) is 1.92. The zero-order chi connectivity index (χ0) is 19.2. The first-order chi connectivity index (χ1) is 12.3. The molecule has 0 aliphatic rings. The lowest BCUT2D eigenvalue weighted by Gasteiger charge is -2.09. The topological polar surface area (TPSA) is 58.8 Å². The van der Waals surface area contributed by atoms with Crippen molar-refractivity contribution in [3.8, 4) is 11.3 Å². The lowest BCUT2D eigenvalue weighted by Crippen LogP contribution is -2.34. The molecule has 0 saturated heterocycles. The molecule has 1 heterocycles. The van der Waals surface area contributed by atoms with Gasteiger partial charge in [-0.1, -0.05) is 11.6 Å².